The first-order valence-corrected chi connectivity index (χ1v) is 6.02. The maximum Gasteiger partial charge on any atom is 0.255 e. The highest BCUT2D eigenvalue weighted by molar-refractivity contribution is 5.94. The Kier molecular flexibility index (Phi) is 3.78. The van der Waals surface area contributed by atoms with Gasteiger partial charge in [0.25, 0.3) is 5.91 Å². The zero-order valence-electron chi connectivity index (χ0n) is 10.3. The fourth-order valence-corrected chi connectivity index (χ4v) is 2.02. The van der Waals surface area contributed by atoms with E-state index in [4.69, 9.17) is 5.84 Å². The number of anilines is 1. The van der Waals surface area contributed by atoms with E-state index in [-0.39, 0.29) is 11.8 Å². The number of aromatic nitrogens is 1. The Labute approximate surface area is 106 Å². The molecule has 1 aliphatic rings. The summed E-state index contributed by atoms with van der Waals surface area (Å²) in [5.74, 6) is 5.87. The van der Waals surface area contributed by atoms with Crippen LogP contribution in [0, 0.1) is 5.92 Å². The Morgan fingerprint density at radius 2 is 2.39 bits per heavy atom. The number of rotatable bonds is 2. The first-order chi connectivity index (χ1) is 8.61. The molecule has 4 N–H and O–H groups in total. The highest BCUT2D eigenvalue weighted by atomic mass is 16.3. The number of piperidine rings is 1. The molecular weight excluding hydrogens is 232 g/mol. The van der Waals surface area contributed by atoms with Crippen molar-refractivity contribution in [3.05, 3.63) is 23.9 Å². The molecule has 1 fully saturated rings. The fraction of sp³-hybridized carbons (Fsp3) is 0.500. The van der Waals surface area contributed by atoms with Crippen molar-refractivity contribution in [2.24, 2.45) is 11.8 Å². The van der Waals surface area contributed by atoms with Gasteiger partial charge >= 0.3 is 0 Å². The van der Waals surface area contributed by atoms with E-state index >= 15 is 0 Å². The first kappa shape index (κ1) is 12.8. The van der Waals surface area contributed by atoms with Gasteiger partial charge in [0, 0.05) is 19.3 Å². The first-order valence-electron chi connectivity index (χ1n) is 6.02. The molecule has 2 heterocycles. The van der Waals surface area contributed by atoms with Crippen molar-refractivity contribution in [2.75, 3.05) is 18.5 Å². The van der Waals surface area contributed by atoms with E-state index in [2.05, 4.69) is 10.4 Å². The Morgan fingerprint density at radius 1 is 1.61 bits per heavy atom. The van der Waals surface area contributed by atoms with Crippen molar-refractivity contribution in [1.29, 1.82) is 0 Å². The summed E-state index contributed by atoms with van der Waals surface area (Å²) in [6.07, 6.45) is 1.87. The number of hydrogen-bond acceptors (Lipinski definition) is 5. The summed E-state index contributed by atoms with van der Waals surface area (Å²) in [7, 11) is 0. The van der Waals surface area contributed by atoms with E-state index in [1.165, 1.54) is 6.20 Å². The number of β-amino-alcohol motifs (C(OH)–C–C–N with tert-alkyl or cyclic N) is 1. The lowest BCUT2D eigenvalue weighted by molar-refractivity contribution is 0.0248. The van der Waals surface area contributed by atoms with Crippen molar-refractivity contribution < 1.29 is 9.90 Å². The SMILES string of the molecule is CC1CCN(C(=O)c2ccc(NN)nc2)CC1O. The van der Waals surface area contributed by atoms with Crippen molar-refractivity contribution in [3.63, 3.8) is 0 Å². The van der Waals surface area contributed by atoms with Crippen LogP contribution in [-0.4, -0.2) is 40.1 Å². The quantitative estimate of drug-likeness (QED) is 0.515. The summed E-state index contributed by atoms with van der Waals surface area (Å²) in [4.78, 5) is 17.8. The molecule has 0 spiro atoms. The van der Waals surface area contributed by atoms with Crippen LogP contribution in [0.2, 0.25) is 0 Å². The van der Waals surface area contributed by atoms with Gasteiger partial charge in [-0.25, -0.2) is 10.8 Å². The number of carbonyl (C=O) groups excluding carboxylic acids is 1. The van der Waals surface area contributed by atoms with Gasteiger partial charge in [-0.15, -0.1) is 0 Å². The molecule has 18 heavy (non-hydrogen) atoms. The maximum atomic E-state index is 12.2. The number of pyridine rings is 1. The van der Waals surface area contributed by atoms with E-state index in [9.17, 15) is 9.90 Å². The highest BCUT2D eigenvalue weighted by Gasteiger charge is 2.27. The predicted molar refractivity (Wildman–Crippen MR) is 67.7 cm³/mol. The molecule has 1 aromatic heterocycles. The minimum atomic E-state index is -0.444. The number of likely N-dealkylation sites (tertiary alicyclic amines) is 1. The van der Waals surface area contributed by atoms with E-state index in [1.807, 2.05) is 6.92 Å². The number of nitrogens with two attached hydrogens (primary N) is 1. The molecule has 2 atom stereocenters. The zero-order valence-corrected chi connectivity index (χ0v) is 10.3. The highest BCUT2D eigenvalue weighted by Crippen LogP contribution is 2.19. The molecule has 1 amide bonds. The van der Waals surface area contributed by atoms with Crippen LogP contribution in [0.15, 0.2) is 18.3 Å². The minimum Gasteiger partial charge on any atom is -0.391 e. The van der Waals surface area contributed by atoms with Gasteiger partial charge in [0.1, 0.15) is 5.82 Å². The van der Waals surface area contributed by atoms with Crippen molar-refractivity contribution in [3.8, 4) is 0 Å². The lowest BCUT2D eigenvalue weighted by Gasteiger charge is -2.34. The molecule has 0 aromatic carbocycles. The van der Waals surface area contributed by atoms with E-state index < -0.39 is 6.10 Å². The third kappa shape index (κ3) is 2.60. The predicted octanol–water partition coefficient (Wildman–Crippen LogP) is 0.210. The van der Waals surface area contributed by atoms with E-state index in [1.54, 1.807) is 17.0 Å². The molecule has 2 rings (SSSR count). The lowest BCUT2D eigenvalue weighted by Crippen LogP contribution is -2.45. The van der Waals surface area contributed by atoms with Crippen molar-refractivity contribution in [2.45, 2.75) is 19.4 Å². The molecule has 1 saturated heterocycles. The molecule has 0 radical (unpaired) electrons. The Balaban J connectivity index is 2.06. The number of hydrogen-bond donors (Lipinski definition) is 3. The van der Waals surface area contributed by atoms with Crippen LogP contribution in [0.4, 0.5) is 5.82 Å². The molecule has 98 valence electrons. The van der Waals surface area contributed by atoms with Gasteiger partial charge in [0.05, 0.1) is 11.7 Å². The summed E-state index contributed by atoms with van der Waals surface area (Å²) in [6, 6.07) is 3.32. The number of amides is 1. The monoisotopic (exact) mass is 250 g/mol. The van der Waals surface area contributed by atoms with E-state index in [0.29, 0.717) is 24.5 Å². The van der Waals surface area contributed by atoms with Crippen molar-refractivity contribution in [1.82, 2.24) is 9.88 Å². The maximum absolute atomic E-state index is 12.2. The molecule has 6 heteroatoms. The average Bonchev–Trinajstić information content (AvgIpc) is 2.41. The molecule has 6 nitrogen and oxygen atoms in total. The van der Waals surface area contributed by atoms with Crippen LogP contribution in [-0.2, 0) is 0 Å². The molecular formula is C12H18N4O2. The van der Waals surface area contributed by atoms with Crippen LogP contribution in [0.5, 0.6) is 0 Å². The minimum absolute atomic E-state index is 0.1000. The number of aliphatic hydroxyl groups excluding tert-OH is 1. The molecule has 2 unspecified atom stereocenters. The van der Waals surface area contributed by atoms with Gasteiger partial charge < -0.3 is 15.4 Å². The van der Waals surface area contributed by atoms with Gasteiger partial charge in [-0.2, -0.15) is 0 Å². The van der Waals surface area contributed by atoms with Gasteiger partial charge in [-0.05, 0) is 24.5 Å². The molecule has 0 saturated carbocycles. The smallest absolute Gasteiger partial charge is 0.255 e. The average molecular weight is 250 g/mol. The summed E-state index contributed by atoms with van der Waals surface area (Å²) in [5, 5.41) is 9.79. The zero-order chi connectivity index (χ0) is 13.1. The Bertz CT molecular complexity index is 421. The standard InChI is InChI=1S/C12H18N4O2/c1-8-4-5-16(7-10(8)17)12(18)9-2-3-11(15-13)14-6-9/h2-3,6,8,10,17H,4-5,7,13H2,1H3,(H,14,15). The number of aliphatic hydroxyl groups is 1. The largest absolute Gasteiger partial charge is 0.391 e. The second-order valence-electron chi connectivity index (χ2n) is 4.66. The van der Waals surface area contributed by atoms with Gasteiger partial charge in [-0.3, -0.25) is 4.79 Å². The van der Waals surface area contributed by atoms with E-state index in [0.717, 1.165) is 6.42 Å². The van der Waals surface area contributed by atoms with Gasteiger partial charge in [0.15, 0.2) is 0 Å². The second kappa shape index (κ2) is 5.32. The van der Waals surface area contributed by atoms with Crippen molar-refractivity contribution >= 4 is 11.7 Å². The summed E-state index contributed by atoms with van der Waals surface area (Å²) in [6.45, 7) is 3.06. The van der Waals surface area contributed by atoms with Crippen LogP contribution in [0.1, 0.15) is 23.7 Å². The Morgan fingerprint density at radius 3 is 2.94 bits per heavy atom. The summed E-state index contributed by atoms with van der Waals surface area (Å²) in [5.41, 5.74) is 2.92. The fourth-order valence-electron chi connectivity index (χ4n) is 2.02. The number of nitrogens with zero attached hydrogens (tertiary/aromatic N) is 2. The number of nitrogens with one attached hydrogen (secondary N) is 1. The number of nitrogen functional groups attached to an aromatic ring is 1. The van der Waals surface area contributed by atoms with Gasteiger partial charge in [0.2, 0.25) is 0 Å². The number of carbonyl (C=O) groups is 1. The lowest BCUT2D eigenvalue weighted by atomic mass is 9.95. The normalized spacial score (nSPS) is 23.8. The van der Waals surface area contributed by atoms with Crippen LogP contribution >= 0.6 is 0 Å². The summed E-state index contributed by atoms with van der Waals surface area (Å²) < 4.78 is 0. The van der Waals surface area contributed by atoms with Crippen LogP contribution in [0.3, 0.4) is 0 Å². The molecule has 0 bridgehead atoms. The molecule has 0 aliphatic carbocycles. The third-order valence-electron chi connectivity index (χ3n) is 3.36. The third-order valence-corrected chi connectivity index (χ3v) is 3.36. The number of hydrazine groups is 1. The van der Waals surface area contributed by atoms with Gasteiger partial charge in [-0.1, -0.05) is 6.92 Å². The topological polar surface area (TPSA) is 91.5 Å². The summed E-state index contributed by atoms with van der Waals surface area (Å²) >= 11 is 0. The Hall–Kier alpha value is -1.66. The second-order valence-corrected chi connectivity index (χ2v) is 4.66. The van der Waals surface area contributed by atoms with Crippen LogP contribution in [0.25, 0.3) is 0 Å². The van der Waals surface area contributed by atoms with Crippen LogP contribution < -0.4 is 11.3 Å². The molecule has 1 aromatic rings. The molecule has 1 aliphatic heterocycles.